The first kappa shape index (κ1) is 14.2. The molecule has 0 N–H and O–H groups in total. The van der Waals surface area contributed by atoms with Gasteiger partial charge >= 0.3 is 0 Å². The molecule has 0 aliphatic carbocycles. The third-order valence-electron chi connectivity index (χ3n) is 3.52. The standard InChI is InChI=1S/C20H18N2/c1-16-8-7-11-18(14-16)20(17-9-3-2-4-10-17)22-15-19-12-5-6-13-21-19/h2-15,20H,1H3/b22-15+. The van der Waals surface area contributed by atoms with Gasteiger partial charge in [-0.3, -0.25) is 9.98 Å². The molecule has 108 valence electrons. The Morgan fingerprint density at radius 3 is 2.36 bits per heavy atom. The molecular weight excluding hydrogens is 268 g/mol. The van der Waals surface area contributed by atoms with Crippen molar-refractivity contribution in [1.29, 1.82) is 0 Å². The highest BCUT2D eigenvalue weighted by molar-refractivity contribution is 5.77. The minimum absolute atomic E-state index is 0.0110. The van der Waals surface area contributed by atoms with E-state index in [0.717, 1.165) is 5.69 Å². The minimum atomic E-state index is -0.0110. The van der Waals surface area contributed by atoms with Gasteiger partial charge in [0, 0.05) is 12.4 Å². The van der Waals surface area contributed by atoms with E-state index in [1.165, 1.54) is 16.7 Å². The second-order valence-electron chi connectivity index (χ2n) is 5.26. The molecule has 0 saturated carbocycles. The van der Waals surface area contributed by atoms with Gasteiger partial charge in [0.15, 0.2) is 0 Å². The maximum absolute atomic E-state index is 4.79. The van der Waals surface area contributed by atoms with E-state index in [4.69, 9.17) is 4.99 Å². The van der Waals surface area contributed by atoms with Gasteiger partial charge in [-0.1, -0.05) is 66.2 Å². The van der Waals surface area contributed by atoms with Crippen LogP contribution < -0.4 is 0 Å². The van der Waals surface area contributed by atoms with Gasteiger partial charge in [0.05, 0.1) is 11.7 Å². The smallest absolute Gasteiger partial charge is 0.1000 e. The van der Waals surface area contributed by atoms with Gasteiger partial charge in [0.25, 0.3) is 0 Å². The highest BCUT2D eigenvalue weighted by Crippen LogP contribution is 2.26. The maximum atomic E-state index is 4.79. The zero-order chi connectivity index (χ0) is 15.2. The van der Waals surface area contributed by atoms with Crippen molar-refractivity contribution in [3.63, 3.8) is 0 Å². The van der Waals surface area contributed by atoms with Crippen LogP contribution in [0, 0.1) is 6.92 Å². The summed E-state index contributed by atoms with van der Waals surface area (Å²) in [5.74, 6) is 0. The van der Waals surface area contributed by atoms with Crippen LogP contribution in [0.5, 0.6) is 0 Å². The molecule has 0 amide bonds. The van der Waals surface area contributed by atoms with E-state index in [0.29, 0.717) is 0 Å². The van der Waals surface area contributed by atoms with Crippen molar-refractivity contribution >= 4 is 6.21 Å². The van der Waals surface area contributed by atoms with Crippen LogP contribution in [-0.4, -0.2) is 11.2 Å². The van der Waals surface area contributed by atoms with E-state index >= 15 is 0 Å². The number of pyridine rings is 1. The first-order chi connectivity index (χ1) is 10.8. The molecule has 0 saturated heterocycles. The molecule has 1 aromatic heterocycles. The Bertz CT molecular complexity index is 749. The molecule has 0 bridgehead atoms. The molecule has 22 heavy (non-hydrogen) atoms. The molecule has 2 heteroatoms. The van der Waals surface area contributed by atoms with E-state index in [2.05, 4.69) is 60.4 Å². The average Bonchev–Trinajstić information content (AvgIpc) is 2.57. The van der Waals surface area contributed by atoms with Crippen molar-refractivity contribution in [2.75, 3.05) is 0 Å². The first-order valence-electron chi connectivity index (χ1n) is 7.38. The van der Waals surface area contributed by atoms with E-state index in [1.54, 1.807) is 6.20 Å². The number of rotatable bonds is 4. The number of aliphatic imine (C=N–C) groups is 1. The highest BCUT2D eigenvalue weighted by atomic mass is 14.8. The molecule has 3 aromatic rings. The Morgan fingerprint density at radius 1 is 0.864 bits per heavy atom. The van der Waals surface area contributed by atoms with Crippen molar-refractivity contribution in [2.45, 2.75) is 13.0 Å². The summed E-state index contributed by atoms with van der Waals surface area (Å²) in [7, 11) is 0. The van der Waals surface area contributed by atoms with Crippen LogP contribution in [0.1, 0.15) is 28.4 Å². The summed E-state index contributed by atoms with van der Waals surface area (Å²) in [5.41, 5.74) is 4.49. The van der Waals surface area contributed by atoms with Crippen LogP contribution >= 0.6 is 0 Å². The average molecular weight is 286 g/mol. The number of aryl methyl sites for hydroxylation is 1. The first-order valence-corrected chi connectivity index (χ1v) is 7.38. The lowest BCUT2D eigenvalue weighted by Gasteiger charge is -2.14. The summed E-state index contributed by atoms with van der Waals surface area (Å²) >= 11 is 0. The largest absolute Gasteiger partial charge is 0.278 e. The summed E-state index contributed by atoms with van der Waals surface area (Å²) in [6.07, 6.45) is 3.63. The maximum Gasteiger partial charge on any atom is 0.1000 e. The second kappa shape index (κ2) is 6.81. The highest BCUT2D eigenvalue weighted by Gasteiger charge is 2.11. The normalized spacial score (nSPS) is 12.4. The predicted octanol–water partition coefficient (Wildman–Crippen LogP) is 4.60. The molecule has 0 aliphatic heterocycles. The third-order valence-corrected chi connectivity index (χ3v) is 3.52. The monoisotopic (exact) mass is 286 g/mol. The van der Waals surface area contributed by atoms with Crippen molar-refractivity contribution in [3.8, 4) is 0 Å². The van der Waals surface area contributed by atoms with Crippen LogP contribution in [0.4, 0.5) is 0 Å². The molecule has 2 aromatic carbocycles. The Morgan fingerprint density at radius 2 is 1.64 bits per heavy atom. The Kier molecular flexibility index (Phi) is 4.40. The zero-order valence-electron chi connectivity index (χ0n) is 12.6. The van der Waals surface area contributed by atoms with Gasteiger partial charge in [-0.2, -0.15) is 0 Å². The van der Waals surface area contributed by atoms with E-state index in [1.807, 2.05) is 30.5 Å². The third kappa shape index (κ3) is 3.47. The van der Waals surface area contributed by atoms with Crippen molar-refractivity contribution < 1.29 is 0 Å². The van der Waals surface area contributed by atoms with E-state index in [-0.39, 0.29) is 6.04 Å². The van der Waals surface area contributed by atoms with Crippen LogP contribution in [0.2, 0.25) is 0 Å². The molecule has 1 atom stereocenters. The predicted molar refractivity (Wildman–Crippen MR) is 91.3 cm³/mol. The van der Waals surface area contributed by atoms with Gasteiger partial charge in [0.1, 0.15) is 0 Å². The van der Waals surface area contributed by atoms with Crippen LogP contribution in [0.25, 0.3) is 0 Å². The van der Waals surface area contributed by atoms with E-state index < -0.39 is 0 Å². The Balaban J connectivity index is 1.98. The molecule has 2 nitrogen and oxygen atoms in total. The Labute approximate surface area is 131 Å². The molecule has 1 heterocycles. The summed E-state index contributed by atoms with van der Waals surface area (Å²) in [4.78, 5) is 9.09. The summed E-state index contributed by atoms with van der Waals surface area (Å²) in [6.45, 7) is 2.11. The molecule has 1 unspecified atom stereocenters. The topological polar surface area (TPSA) is 25.2 Å². The quantitative estimate of drug-likeness (QED) is 0.643. The molecule has 0 aliphatic rings. The lowest BCUT2D eigenvalue weighted by molar-refractivity contribution is 0.875. The SMILES string of the molecule is Cc1cccc(C(/N=C/c2ccccn2)c2ccccc2)c1. The van der Waals surface area contributed by atoms with Gasteiger partial charge in [-0.25, -0.2) is 0 Å². The Hall–Kier alpha value is -2.74. The summed E-state index contributed by atoms with van der Waals surface area (Å²) in [5, 5.41) is 0. The minimum Gasteiger partial charge on any atom is -0.278 e. The fourth-order valence-corrected chi connectivity index (χ4v) is 2.44. The van der Waals surface area contributed by atoms with Gasteiger partial charge in [0.2, 0.25) is 0 Å². The van der Waals surface area contributed by atoms with Gasteiger partial charge in [-0.05, 0) is 30.2 Å². The van der Waals surface area contributed by atoms with Gasteiger partial charge in [-0.15, -0.1) is 0 Å². The fourth-order valence-electron chi connectivity index (χ4n) is 2.44. The van der Waals surface area contributed by atoms with Crippen molar-refractivity contribution in [2.24, 2.45) is 4.99 Å². The fraction of sp³-hybridized carbons (Fsp3) is 0.100. The van der Waals surface area contributed by atoms with Crippen molar-refractivity contribution in [1.82, 2.24) is 4.98 Å². The zero-order valence-corrected chi connectivity index (χ0v) is 12.6. The van der Waals surface area contributed by atoms with Crippen LogP contribution in [0.3, 0.4) is 0 Å². The van der Waals surface area contributed by atoms with E-state index in [9.17, 15) is 0 Å². The number of hydrogen-bond acceptors (Lipinski definition) is 2. The summed E-state index contributed by atoms with van der Waals surface area (Å²) < 4.78 is 0. The number of nitrogens with zero attached hydrogens (tertiary/aromatic N) is 2. The molecule has 0 spiro atoms. The van der Waals surface area contributed by atoms with Crippen molar-refractivity contribution in [3.05, 3.63) is 101 Å². The van der Waals surface area contributed by atoms with Gasteiger partial charge < -0.3 is 0 Å². The number of benzene rings is 2. The summed E-state index contributed by atoms with van der Waals surface area (Å²) in [6, 6.07) is 24.7. The molecule has 3 rings (SSSR count). The lowest BCUT2D eigenvalue weighted by Crippen LogP contribution is -2.00. The lowest BCUT2D eigenvalue weighted by atomic mass is 9.98. The second-order valence-corrected chi connectivity index (χ2v) is 5.26. The number of aromatic nitrogens is 1. The number of hydrogen-bond donors (Lipinski definition) is 0. The molecule has 0 fully saturated rings. The van der Waals surface area contributed by atoms with Crippen LogP contribution in [0.15, 0.2) is 84.0 Å². The molecular formula is C20H18N2. The molecule has 0 radical (unpaired) electrons. The van der Waals surface area contributed by atoms with Crippen LogP contribution in [-0.2, 0) is 0 Å².